The van der Waals surface area contributed by atoms with Gasteiger partial charge in [0, 0.05) is 19.4 Å². The second-order valence-electron chi connectivity index (χ2n) is 7.98. The van der Waals surface area contributed by atoms with Gasteiger partial charge in [-0.05, 0) is 54.2 Å². The highest BCUT2D eigenvalue weighted by Crippen LogP contribution is 2.44. The molecule has 2 aromatic rings. The summed E-state index contributed by atoms with van der Waals surface area (Å²) in [6, 6.07) is 7.54. The molecule has 0 bridgehead atoms. The third-order valence-electron chi connectivity index (χ3n) is 5.83. The molecule has 0 amide bonds. The number of benzene rings is 2. The van der Waals surface area contributed by atoms with E-state index in [4.69, 9.17) is 33.2 Å². The van der Waals surface area contributed by atoms with Gasteiger partial charge in [-0.2, -0.15) is 0 Å². The van der Waals surface area contributed by atoms with E-state index in [1.54, 1.807) is 14.2 Å². The number of ether oxygens (including phenoxy) is 7. The Bertz CT molecular complexity index is 1000. The third-order valence-corrected chi connectivity index (χ3v) is 5.83. The molecule has 1 N–H and O–H groups in total. The maximum Gasteiger partial charge on any atom is 0.302 e. The first-order valence-corrected chi connectivity index (χ1v) is 10.7. The predicted octanol–water partition coefficient (Wildman–Crippen LogP) is 2.73. The summed E-state index contributed by atoms with van der Waals surface area (Å²) >= 11 is 0. The van der Waals surface area contributed by atoms with Gasteiger partial charge in [0.15, 0.2) is 23.0 Å². The summed E-state index contributed by atoms with van der Waals surface area (Å²) in [6.07, 6.45) is 1.06. The van der Waals surface area contributed by atoms with Gasteiger partial charge in [-0.3, -0.25) is 4.79 Å². The van der Waals surface area contributed by atoms with Gasteiger partial charge in [-0.25, -0.2) is 0 Å². The van der Waals surface area contributed by atoms with Gasteiger partial charge in [-0.1, -0.05) is 0 Å². The maximum absolute atomic E-state index is 11.5. The lowest BCUT2D eigenvalue weighted by atomic mass is 9.83. The Balaban J connectivity index is 1.58. The first kappa shape index (κ1) is 22.8. The van der Waals surface area contributed by atoms with Crippen LogP contribution in [0.3, 0.4) is 0 Å². The zero-order valence-corrected chi connectivity index (χ0v) is 18.9. The summed E-state index contributed by atoms with van der Waals surface area (Å²) in [5.74, 6) is 2.78. The van der Waals surface area contributed by atoms with E-state index in [0.29, 0.717) is 47.3 Å². The molecular formula is C24H28O9. The highest BCUT2D eigenvalue weighted by Gasteiger charge is 2.28. The molecule has 0 radical (unpaired) electrons. The lowest BCUT2D eigenvalue weighted by molar-refractivity contribution is -0.143. The molecule has 2 heterocycles. The van der Waals surface area contributed by atoms with Gasteiger partial charge in [0.05, 0.1) is 20.8 Å². The van der Waals surface area contributed by atoms with Gasteiger partial charge in [0.2, 0.25) is 25.1 Å². The minimum atomic E-state index is -0.371. The Morgan fingerprint density at radius 2 is 1.39 bits per heavy atom. The summed E-state index contributed by atoms with van der Waals surface area (Å²) in [5.41, 5.74) is 1.85. The number of fused-ring (bicyclic) bond motifs is 2. The van der Waals surface area contributed by atoms with Crippen LogP contribution in [0.2, 0.25) is 0 Å². The molecule has 2 aliphatic rings. The Kier molecular flexibility index (Phi) is 6.98. The third kappa shape index (κ3) is 5.03. The van der Waals surface area contributed by atoms with E-state index in [0.717, 1.165) is 11.1 Å². The molecule has 9 nitrogen and oxygen atoms in total. The van der Waals surface area contributed by atoms with E-state index in [-0.39, 0.29) is 44.6 Å². The summed E-state index contributed by atoms with van der Waals surface area (Å²) in [7, 11) is 3.14. The monoisotopic (exact) mass is 460 g/mol. The van der Waals surface area contributed by atoms with Crippen LogP contribution in [0.5, 0.6) is 34.5 Å². The van der Waals surface area contributed by atoms with E-state index in [1.807, 2.05) is 24.3 Å². The van der Waals surface area contributed by atoms with Crippen LogP contribution in [0.4, 0.5) is 0 Å². The molecule has 2 atom stereocenters. The number of hydrogen-bond donors (Lipinski definition) is 1. The van der Waals surface area contributed by atoms with Crippen LogP contribution in [0.1, 0.15) is 18.1 Å². The number of esters is 1. The average Bonchev–Trinajstić information content (AvgIpc) is 3.48. The minimum absolute atomic E-state index is 0.0929. The van der Waals surface area contributed by atoms with Crippen molar-refractivity contribution < 1.29 is 43.1 Å². The van der Waals surface area contributed by atoms with Gasteiger partial charge in [0.25, 0.3) is 0 Å². The first-order chi connectivity index (χ1) is 16.0. The minimum Gasteiger partial charge on any atom is -0.493 e. The summed E-state index contributed by atoms with van der Waals surface area (Å²) in [4.78, 5) is 11.5. The van der Waals surface area contributed by atoms with Crippen molar-refractivity contribution in [2.45, 2.75) is 19.8 Å². The second-order valence-corrected chi connectivity index (χ2v) is 7.98. The Labute approximate surface area is 192 Å². The van der Waals surface area contributed by atoms with Crippen molar-refractivity contribution in [3.8, 4) is 34.5 Å². The quantitative estimate of drug-likeness (QED) is 0.536. The molecule has 0 spiro atoms. The average molecular weight is 460 g/mol. The van der Waals surface area contributed by atoms with Crippen LogP contribution in [0.25, 0.3) is 0 Å². The van der Waals surface area contributed by atoms with Crippen molar-refractivity contribution in [1.82, 2.24) is 0 Å². The van der Waals surface area contributed by atoms with E-state index < -0.39 is 0 Å². The number of rotatable bonds is 10. The number of aliphatic hydroxyl groups is 1. The van der Waals surface area contributed by atoms with Crippen LogP contribution < -0.4 is 28.4 Å². The zero-order chi connectivity index (χ0) is 23.4. The van der Waals surface area contributed by atoms with E-state index in [2.05, 4.69) is 0 Å². The topological polar surface area (TPSA) is 102 Å². The molecule has 0 saturated heterocycles. The molecular weight excluding hydrogens is 432 g/mol. The maximum atomic E-state index is 11.5. The Morgan fingerprint density at radius 3 is 1.85 bits per heavy atom. The molecule has 178 valence electrons. The summed E-state index contributed by atoms with van der Waals surface area (Å²) in [5, 5.41) is 10.3. The molecule has 0 aliphatic carbocycles. The van der Waals surface area contributed by atoms with Crippen molar-refractivity contribution in [2.75, 3.05) is 41.0 Å². The Morgan fingerprint density at radius 1 is 0.879 bits per heavy atom. The van der Waals surface area contributed by atoms with Gasteiger partial charge in [-0.15, -0.1) is 0 Å². The van der Waals surface area contributed by atoms with Crippen LogP contribution in [0.15, 0.2) is 24.3 Å². The van der Waals surface area contributed by atoms with E-state index in [1.165, 1.54) is 6.92 Å². The molecule has 0 saturated carbocycles. The number of hydrogen-bond acceptors (Lipinski definition) is 9. The highest BCUT2D eigenvalue weighted by atomic mass is 16.7. The number of aliphatic hydroxyl groups excluding tert-OH is 1. The van der Waals surface area contributed by atoms with Gasteiger partial charge >= 0.3 is 5.97 Å². The molecule has 9 heteroatoms. The normalized spacial score (nSPS) is 15.2. The van der Waals surface area contributed by atoms with Crippen LogP contribution in [-0.4, -0.2) is 52.1 Å². The molecule has 4 rings (SSSR count). The van der Waals surface area contributed by atoms with Crippen molar-refractivity contribution in [3.05, 3.63) is 35.4 Å². The number of methoxy groups -OCH3 is 2. The standard InChI is InChI=1S/C24H28O9/c1-14(26)29-11-18(5-16-7-20(28-3)24-22(9-16)31-13-33-24)17(10-25)4-15-6-19(27-2)23-21(8-15)30-12-32-23/h6-9,17-18,25H,4-5,10-13H2,1-3H3. The van der Waals surface area contributed by atoms with E-state index in [9.17, 15) is 9.90 Å². The fourth-order valence-electron chi connectivity index (χ4n) is 4.18. The van der Waals surface area contributed by atoms with Crippen LogP contribution in [-0.2, 0) is 22.4 Å². The van der Waals surface area contributed by atoms with E-state index >= 15 is 0 Å². The van der Waals surface area contributed by atoms with Crippen molar-refractivity contribution in [2.24, 2.45) is 11.8 Å². The SMILES string of the molecule is COc1cc(CC(CO)C(COC(C)=O)Cc2cc(OC)c3c(c2)OCO3)cc2c1OCO2. The molecule has 2 aliphatic heterocycles. The van der Waals surface area contributed by atoms with Crippen molar-refractivity contribution in [3.63, 3.8) is 0 Å². The van der Waals surface area contributed by atoms with Crippen LogP contribution in [0, 0.1) is 11.8 Å². The zero-order valence-electron chi connectivity index (χ0n) is 18.9. The Hall–Kier alpha value is -3.33. The predicted molar refractivity (Wildman–Crippen MR) is 116 cm³/mol. The van der Waals surface area contributed by atoms with Gasteiger partial charge in [0.1, 0.15) is 0 Å². The summed E-state index contributed by atoms with van der Waals surface area (Å²) in [6.45, 7) is 1.72. The van der Waals surface area contributed by atoms with Gasteiger partial charge < -0.3 is 38.3 Å². The van der Waals surface area contributed by atoms with Crippen molar-refractivity contribution >= 4 is 5.97 Å². The number of carbonyl (C=O) groups is 1. The smallest absolute Gasteiger partial charge is 0.302 e. The van der Waals surface area contributed by atoms with Crippen LogP contribution >= 0.6 is 0 Å². The first-order valence-electron chi connectivity index (χ1n) is 10.7. The summed E-state index contributed by atoms with van der Waals surface area (Å²) < 4.78 is 38.3. The fourth-order valence-corrected chi connectivity index (χ4v) is 4.18. The highest BCUT2D eigenvalue weighted by molar-refractivity contribution is 5.65. The molecule has 2 unspecified atom stereocenters. The molecule has 33 heavy (non-hydrogen) atoms. The molecule has 0 aromatic heterocycles. The molecule has 0 fully saturated rings. The molecule has 2 aromatic carbocycles. The second kappa shape index (κ2) is 10.1. The lowest BCUT2D eigenvalue weighted by Gasteiger charge is -2.26. The number of carbonyl (C=O) groups excluding carboxylic acids is 1. The largest absolute Gasteiger partial charge is 0.493 e. The lowest BCUT2D eigenvalue weighted by Crippen LogP contribution is -2.28. The fraction of sp³-hybridized carbons (Fsp3) is 0.458. The van der Waals surface area contributed by atoms with Crippen molar-refractivity contribution in [1.29, 1.82) is 0 Å².